The molecule has 0 spiro atoms. The topological polar surface area (TPSA) is 36.1 Å². The van der Waals surface area contributed by atoms with Crippen molar-refractivity contribution in [1.82, 2.24) is 10.7 Å². The first kappa shape index (κ1) is 10.6. The van der Waals surface area contributed by atoms with Gasteiger partial charge in [0.2, 0.25) is 0 Å². The maximum absolute atomic E-state index is 13.0. The first-order valence-electron chi connectivity index (χ1n) is 3.82. The van der Waals surface area contributed by atoms with Gasteiger partial charge in [0.05, 0.1) is 5.69 Å². The second kappa shape index (κ2) is 4.71. The lowest BCUT2D eigenvalue weighted by Gasteiger charge is -2.10. The zero-order valence-electron chi connectivity index (χ0n) is 7.40. The Morgan fingerprint density at radius 2 is 2.07 bits per heavy atom. The van der Waals surface area contributed by atoms with Crippen molar-refractivity contribution < 1.29 is 8.78 Å². The fourth-order valence-corrected chi connectivity index (χ4v) is 0.828. The molecule has 76 valence electrons. The summed E-state index contributed by atoms with van der Waals surface area (Å²) < 4.78 is 25.5. The summed E-state index contributed by atoms with van der Waals surface area (Å²) in [7, 11) is 1.62. The quantitative estimate of drug-likeness (QED) is 0.517. The second-order valence-corrected chi connectivity index (χ2v) is 2.86. The molecular weight excluding hydrogens is 208 g/mol. The van der Waals surface area contributed by atoms with Crippen LogP contribution in [0.25, 0.3) is 0 Å². The molecule has 0 atom stereocenters. The van der Waals surface area contributed by atoms with Crippen molar-refractivity contribution in [2.24, 2.45) is 0 Å². The van der Waals surface area contributed by atoms with E-state index in [0.717, 1.165) is 12.1 Å². The Labute approximate surface area is 85.5 Å². The lowest BCUT2D eigenvalue weighted by atomic mass is 10.3. The molecule has 3 N–H and O–H groups in total. The van der Waals surface area contributed by atoms with Crippen molar-refractivity contribution in [3.63, 3.8) is 0 Å². The van der Waals surface area contributed by atoms with Gasteiger partial charge in [-0.3, -0.25) is 10.9 Å². The molecule has 6 heteroatoms. The summed E-state index contributed by atoms with van der Waals surface area (Å²) in [6.07, 6.45) is 0. The largest absolute Gasteiger partial charge is 0.364 e. The number of rotatable bonds is 2. The van der Waals surface area contributed by atoms with Crippen LogP contribution in [0.3, 0.4) is 0 Å². The SMILES string of the molecule is CNC(=S)NNc1ccc(F)cc1F. The highest BCUT2D eigenvalue weighted by Gasteiger charge is 2.02. The van der Waals surface area contributed by atoms with Gasteiger partial charge in [0.1, 0.15) is 5.82 Å². The summed E-state index contributed by atoms with van der Waals surface area (Å²) in [4.78, 5) is 0. The monoisotopic (exact) mass is 217 g/mol. The third-order valence-corrected chi connectivity index (χ3v) is 1.78. The van der Waals surface area contributed by atoms with Crippen molar-refractivity contribution >= 4 is 23.0 Å². The van der Waals surface area contributed by atoms with E-state index >= 15 is 0 Å². The number of benzene rings is 1. The number of nitrogens with one attached hydrogen (secondary N) is 3. The maximum atomic E-state index is 13.0. The van der Waals surface area contributed by atoms with Gasteiger partial charge in [0, 0.05) is 13.1 Å². The first-order chi connectivity index (χ1) is 6.63. The molecule has 3 nitrogen and oxygen atoms in total. The minimum absolute atomic E-state index is 0.129. The highest BCUT2D eigenvalue weighted by Crippen LogP contribution is 2.13. The summed E-state index contributed by atoms with van der Waals surface area (Å²) in [6.45, 7) is 0. The minimum atomic E-state index is -0.684. The van der Waals surface area contributed by atoms with Gasteiger partial charge in [-0.1, -0.05) is 0 Å². The summed E-state index contributed by atoms with van der Waals surface area (Å²) >= 11 is 4.74. The van der Waals surface area contributed by atoms with Crippen LogP contribution in [0.4, 0.5) is 14.5 Å². The van der Waals surface area contributed by atoms with Crippen molar-refractivity contribution in [1.29, 1.82) is 0 Å². The maximum Gasteiger partial charge on any atom is 0.184 e. The summed E-state index contributed by atoms with van der Waals surface area (Å²) in [5, 5.41) is 2.94. The highest BCUT2D eigenvalue weighted by atomic mass is 32.1. The normalized spacial score (nSPS) is 9.36. The van der Waals surface area contributed by atoms with E-state index in [-0.39, 0.29) is 5.69 Å². The molecule has 0 fully saturated rings. The van der Waals surface area contributed by atoms with E-state index < -0.39 is 11.6 Å². The van der Waals surface area contributed by atoms with Crippen LogP contribution in [0.2, 0.25) is 0 Å². The second-order valence-electron chi connectivity index (χ2n) is 2.45. The number of hydrazine groups is 1. The number of hydrogen-bond donors (Lipinski definition) is 3. The van der Waals surface area contributed by atoms with Crippen molar-refractivity contribution in [2.45, 2.75) is 0 Å². The van der Waals surface area contributed by atoms with Gasteiger partial charge in [-0.05, 0) is 24.4 Å². The van der Waals surface area contributed by atoms with Crippen molar-refractivity contribution in [2.75, 3.05) is 12.5 Å². The molecular formula is C8H9F2N3S. The number of anilines is 1. The van der Waals surface area contributed by atoms with E-state index in [1.54, 1.807) is 7.05 Å². The predicted molar refractivity (Wildman–Crippen MR) is 54.8 cm³/mol. The Balaban J connectivity index is 2.63. The van der Waals surface area contributed by atoms with Gasteiger partial charge >= 0.3 is 0 Å². The van der Waals surface area contributed by atoms with Crippen LogP contribution >= 0.6 is 12.2 Å². The molecule has 14 heavy (non-hydrogen) atoms. The van der Waals surface area contributed by atoms with E-state index in [0.29, 0.717) is 5.11 Å². The van der Waals surface area contributed by atoms with Gasteiger partial charge in [-0.25, -0.2) is 8.78 Å². The Kier molecular flexibility index (Phi) is 3.58. The van der Waals surface area contributed by atoms with Crippen LogP contribution in [0.5, 0.6) is 0 Å². The Hall–Kier alpha value is -1.43. The van der Waals surface area contributed by atoms with Crippen molar-refractivity contribution in [3.8, 4) is 0 Å². The molecule has 0 aromatic heterocycles. The van der Waals surface area contributed by atoms with E-state index in [1.165, 1.54) is 6.07 Å². The fraction of sp³-hybridized carbons (Fsp3) is 0.125. The van der Waals surface area contributed by atoms with Gasteiger partial charge in [0.25, 0.3) is 0 Å². The summed E-state index contributed by atoms with van der Waals surface area (Å²) in [5.41, 5.74) is 5.14. The summed E-state index contributed by atoms with van der Waals surface area (Å²) in [6, 6.07) is 3.21. The van der Waals surface area contributed by atoms with Crippen LogP contribution in [-0.4, -0.2) is 12.2 Å². The van der Waals surface area contributed by atoms with E-state index in [4.69, 9.17) is 12.2 Å². The molecule has 0 saturated carbocycles. The Morgan fingerprint density at radius 3 is 2.64 bits per heavy atom. The summed E-state index contributed by atoms with van der Waals surface area (Å²) in [5.74, 6) is -1.30. The molecule has 0 heterocycles. The molecule has 0 aliphatic carbocycles. The van der Waals surface area contributed by atoms with Crippen LogP contribution in [0, 0.1) is 11.6 Å². The lowest BCUT2D eigenvalue weighted by molar-refractivity contribution is 0.584. The van der Waals surface area contributed by atoms with E-state index in [2.05, 4.69) is 16.2 Å². The van der Waals surface area contributed by atoms with Crippen LogP contribution in [-0.2, 0) is 0 Å². The van der Waals surface area contributed by atoms with Crippen LogP contribution in [0.15, 0.2) is 18.2 Å². The van der Waals surface area contributed by atoms with Gasteiger partial charge in [-0.15, -0.1) is 0 Å². The Bertz CT molecular complexity index is 343. The van der Waals surface area contributed by atoms with Gasteiger partial charge < -0.3 is 5.32 Å². The highest BCUT2D eigenvalue weighted by molar-refractivity contribution is 7.80. The van der Waals surface area contributed by atoms with Crippen molar-refractivity contribution in [3.05, 3.63) is 29.8 Å². The molecule has 1 aromatic rings. The zero-order chi connectivity index (χ0) is 10.6. The smallest absolute Gasteiger partial charge is 0.184 e. The molecule has 1 aromatic carbocycles. The fourth-order valence-electron chi connectivity index (χ4n) is 0.777. The molecule has 0 unspecified atom stereocenters. The molecule has 0 saturated heterocycles. The number of hydrogen-bond acceptors (Lipinski definition) is 2. The third-order valence-electron chi connectivity index (χ3n) is 1.47. The Morgan fingerprint density at radius 1 is 1.36 bits per heavy atom. The molecule has 0 aliphatic rings. The van der Waals surface area contributed by atoms with Crippen LogP contribution in [0.1, 0.15) is 0 Å². The third kappa shape index (κ3) is 2.81. The number of halogens is 2. The zero-order valence-corrected chi connectivity index (χ0v) is 8.21. The average molecular weight is 217 g/mol. The molecule has 0 aliphatic heterocycles. The van der Waals surface area contributed by atoms with E-state index in [1.807, 2.05) is 0 Å². The predicted octanol–water partition coefficient (Wildman–Crippen LogP) is 1.39. The minimum Gasteiger partial charge on any atom is -0.364 e. The molecule has 1 rings (SSSR count). The van der Waals surface area contributed by atoms with Crippen LogP contribution < -0.4 is 16.2 Å². The molecule has 0 bridgehead atoms. The first-order valence-corrected chi connectivity index (χ1v) is 4.23. The average Bonchev–Trinajstić information content (AvgIpc) is 2.16. The standard InChI is InChI=1S/C8H9F2N3S/c1-11-8(14)13-12-7-3-2-5(9)4-6(7)10/h2-4,12H,1H3,(H2,11,13,14). The molecule has 0 amide bonds. The van der Waals surface area contributed by atoms with Gasteiger partial charge in [-0.2, -0.15) is 0 Å². The molecule has 0 radical (unpaired) electrons. The van der Waals surface area contributed by atoms with Gasteiger partial charge in [0.15, 0.2) is 10.9 Å². The lowest BCUT2D eigenvalue weighted by Crippen LogP contribution is -2.36. The van der Waals surface area contributed by atoms with E-state index in [9.17, 15) is 8.78 Å². The number of thiocarbonyl (C=S) groups is 1.